The molecular formula is C11H15BrO5. The van der Waals surface area contributed by atoms with Gasteiger partial charge in [-0.2, -0.15) is 0 Å². The van der Waals surface area contributed by atoms with Gasteiger partial charge in [0.2, 0.25) is 0 Å². The Balaban J connectivity index is 2.89. The van der Waals surface area contributed by atoms with Gasteiger partial charge in [-0.1, -0.05) is 0 Å². The first-order valence-corrected chi connectivity index (χ1v) is 5.80. The number of rotatable bonds is 6. The number of halogens is 1. The topological polar surface area (TPSA) is 79.2 Å². The first-order chi connectivity index (χ1) is 8.12. The van der Waals surface area contributed by atoms with Crippen LogP contribution in [0, 0.1) is 0 Å². The highest BCUT2D eigenvalue weighted by Crippen LogP contribution is 2.36. The Morgan fingerprint density at radius 3 is 2.59 bits per heavy atom. The molecule has 0 aliphatic heterocycles. The second-order valence-electron chi connectivity index (χ2n) is 3.41. The second-order valence-corrected chi connectivity index (χ2v) is 4.27. The van der Waals surface area contributed by atoms with Crippen molar-refractivity contribution >= 4 is 15.9 Å². The van der Waals surface area contributed by atoms with Gasteiger partial charge >= 0.3 is 0 Å². The van der Waals surface area contributed by atoms with Gasteiger partial charge in [0.1, 0.15) is 12.7 Å². The Kier molecular flexibility index (Phi) is 5.70. The SMILES string of the molecule is COc1cc(CO)cc(Br)c1OCC(O)CO. The first kappa shape index (κ1) is 14.2. The average Bonchev–Trinajstić information content (AvgIpc) is 2.35. The van der Waals surface area contributed by atoms with Crippen LogP contribution in [0.2, 0.25) is 0 Å². The van der Waals surface area contributed by atoms with Crippen LogP contribution in [0.25, 0.3) is 0 Å². The Bertz CT molecular complexity index is 369. The number of hydrogen-bond acceptors (Lipinski definition) is 5. The quantitative estimate of drug-likeness (QED) is 0.720. The maximum absolute atomic E-state index is 9.20. The Morgan fingerprint density at radius 2 is 2.06 bits per heavy atom. The Labute approximate surface area is 108 Å². The first-order valence-electron chi connectivity index (χ1n) is 5.01. The second kappa shape index (κ2) is 6.80. The molecular weight excluding hydrogens is 292 g/mol. The van der Waals surface area contributed by atoms with Crippen molar-refractivity contribution in [3.8, 4) is 11.5 Å². The van der Waals surface area contributed by atoms with Gasteiger partial charge in [0.25, 0.3) is 0 Å². The number of benzene rings is 1. The van der Waals surface area contributed by atoms with E-state index in [1.807, 2.05) is 0 Å². The van der Waals surface area contributed by atoms with Gasteiger partial charge in [-0.3, -0.25) is 0 Å². The minimum Gasteiger partial charge on any atom is -0.493 e. The van der Waals surface area contributed by atoms with E-state index < -0.39 is 6.10 Å². The van der Waals surface area contributed by atoms with Crippen LogP contribution < -0.4 is 9.47 Å². The van der Waals surface area contributed by atoms with Crippen LogP contribution in [-0.4, -0.2) is 41.7 Å². The third-order valence-electron chi connectivity index (χ3n) is 2.10. The summed E-state index contributed by atoms with van der Waals surface area (Å²) in [4.78, 5) is 0. The monoisotopic (exact) mass is 306 g/mol. The molecule has 17 heavy (non-hydrogen) atoms. The average molecular weight is 307 g/mol. The van der Waals surface area contributed by atoms with Crippen LogP contribution in [0.3, 0.4) is 0 Å². The zero-order chi connectivity index (χ0) is 12.8. The van der Waals surface area contributed by atoms with Gasteiger partial charge in [0, 0.05) is 0 Å². The third-order valence-corrected chi connectivity index (χ3v) is 2.69. The minimum atomic E-state index is -0.941. The van der Waals surface area contributed by atoms with E-state index in [4.69, 9.17) is 19.7 Å². The molecule has 1 atom stereocenters. The summed E-state index contributed by atoms with van der Waals surface area (Å²) >= 11 is 3.29. The van der Waals surface area contributed by atoms with Crippen LogP contribution in [0.5, 0.6) is 11.5 Å². The summed E-state index contributed by atoms with van der Waals surface area (Å²) in [5.41, 5.74) is 0.684. The summed E-state index contributed by atoms with van der Waals surface area (Å²) in [5, 5.41) is 26.9. The van der Waals surface area contributed by atoms with Crippen molar-refractivity contribution in [3.05, 3.63) is 22.2 Å². The van der Waals surface area contributed by atoms with Gasteiger partial charge in [-0.15, -0.1) is 0 Å². The molecule has 0 heterocycles. The predicted octanol–water partition coefficient (Wildman–Crippen LogP) is 0.682. The number of aliphatic hydroxyl groups is 3. The highest BCUT2D eigenvalue weighted by molar-refractivity contribution is 9.10. The molecule has 3 N–H and O–H groups in total. The van der Waals surface area contributed by atoms with Crippen molar-refractivity contribution in [2.45, 2.75) is 12.7 Å². The Hall–Kier alpha value is -0.820. The fraction of sp³-hybridized carbons (Fsp3) is 0.455. The molecule has 0 fully saturated rings. The van der Waals surface area contributed by atoms with Crippen molar-refractivity contribution in [3.63, 3.8) is 0 Å². The lowest BCUT2D eigenvalue weighted by Gasteiger charge is -2.15. The lowest BCUT2D eigenvalue weighted by molar-refractivity contribution is 0.0524. The molecule has 1 unspecified atom stereocenters. The molecule has 0 radical (unpaired) electrons. The molecule has 6 heteroatoms. The molecule has 0 saturated carbocycles. The van der Waals surface area contributed by atoms with Crippen molar-refractivity contribution in [2.24, 2.45) is 0 Å². The van der Waals surface area contributed by atoms with E-state index in [0.29, 0.717) is 21.5 Å². The molecule has 1 aromatic rings. The van der Waals surface area contributed by atoms with E-state index >= 15 is 0 Å². The summed E-state index contributed by atoms with van der Waals surface area (Å²) in [6, 6.07) is 3.34. The molecule has 0 aromatic heterocycles. The summed E-state index contributed by atoms with van der Waals surface area (Å²) in [6.07, 6.45) is -0.941. The molecule has 0 spiro atoms. The molecule has 0 bridgehead atoms. The highest BCUT2D eigenvalue weighted by atomic mass is 79.9. The van der Waals surface area contributed by atoms with E-state index in [2.05, 4.69) is 15.9 Å². The molecule has 0 amide bonds. The van der Waals surface area contributed by atoms with Crippen LogP contribution in [0.15, 0.2) is 16.6 Å². The van der Waals surface area contributed by atoms with Crippen LogP contribution in [0.4, 0.5) is 0 Å². The van der Waals surface area contributed by atoms with Crippen LogP contribution >= 0.6 is 15.9 Å². The largest absolute Gasteiger partial charge is 0.493 e. The van der Waals surface area contributed by atoms with E-state index in [9.17, 15) is 5.11 Å². The normalized spacial score (nSPS) is 12.3. The van der Waals surface area contributed by atoms with Gasteiger partial charge < -0.3 is 24.8 Å². The maximum Gasteiger partial charge on any atom is 0.175 e. The van der Waals surface area contributed by atoms with Gasteiger partial charge in [0.15, 0.2) is 11.5 Å². The number of aliphatic hydroxyl groups excluding tert-OH is 3. The maximum atomic E-state index is 9.20. The van der Waals surface area contributed by atoms with Crippen molar-refractivity contribution in [2.75, 3.05) is 20.3 Å². The molecule has 1 aromatic carbocycles. The highest BCUT2D eigenvalue weighted by Gasteiger charge is 2.13. The van der Waals surface area contributed by atoms with Crippen molar-refractivity contribution < 1.29 is 24.8 Å². The zero-order valence-corrected chi connectivity index (χ0v) is 11.0. The van der Waals surface area contributed by atoms with Crippen LogP contribution in [-0.2, 0) is 6.61 Å². The van der Waals surface area contributed by atoms with Crippen LogP contribution in [0.1, 0.15) is 5.56 Å². The molecule has 0 aliphatic carbocycles. The third kappa shape index (κ3) is 3.85. The fourth-order valence-electron chi connectivity index (χ4n) is 1.24. The number of hydrogen-bond donors (Lipinski definition) is 3. The predicted molar refractivity (Wildman–Crippen MR) is 65.2 cm³/mol. The molecule has 0 saturated heterocycles. The molecule has 5 nitrogen and oxygen atoms in total. The Morgan fingerprint density at radius 1 is 1.35 bits per heavy atom. The molecule has 96 valence electrons. The molecule has 0 aliphatic rings. The zero-order valence-electron chi connectivity index (χ0n) is 9.39. The lowest BCUT2D eigenvalue weighted by atomic mass is 10.2. The summed E-state index contributed by atoms with van der Waals surface area (Å²) < 4.78 is 11.1. The van der Waals surface area contributed by atoms with E-state index in [-0.39, 0.29) is 19.8 Å². The lowest BCUT2D eigenvalue weighted by Crippen LogP contribution is -2.21. The minimum absolute atomic E-state index is 0.0378. The van der Waals surface area contributed by atoms with Gasteiger partial charge in [-0.25, -0.2) is 0 Å². The molecule has 1 rings (SSSR count). The van der Waals surface area contributed by atoms with Crippen molar-refractivity contribution in [1.82, 2.24) is 0 Å². The fourth-order valence-corrected chi connectivity index (χ4v) is 1.84. The van der Waals surface area contributed by atoms with E-state index in [1.54, 1.807) is 12.1 Å². The smallest absolute Gasteiger partial charge is 0.175 e. The number of ether oxygens (including phenoxy) is 2. The summed E-state index contributed by atoms with van der Waals surface area (Å²) in [6.45, 7) is -0.507. The standard InChI is InChI=1S/C11H15BrO5/c1-16-10-3-7(4-13)2-9(12)11(10)17-6-8(15)5-14/h2-3,8,13-15H,4-6H2,1H3. The summed E-state index contributed by atoms with van der Waals surface area (Å²) in [5.74, 6) is 0.880. The van der Waals surface area contributed by atoms with E-state index in [1.165, 1.54) is 7.11 Å². The van der Waals surface area contributed by atoms with Gasteiger partial charge in [-0.05, 0) is 33.6 Å². The van der Waals surface area contributed by atoms with Gasteiger partial charge in [0.05, 0.1) is 24.8 Å². The van der Waals surface area contributed by atoms with E-state index in [0.717, 1.165) is 0 Å². The van der Waals surface area contributed by atoms with Crippen molar-refractivity contribution in [1.29, 1.82) is 0 Å². The summed E-state index contributed by atoms with van der Waals surface area (Å²) in [7, 11) is 1.48. The number of methoxy groups -OCH3 is 1.